The van der Waals surface area contributed by atoms with E-state index in [1.807, 2.05) is 30.8 Å². The highest BCUT2D eigenvalue weighted by molar-refractivity contribution is 7.98. The number of aryl methyl sites for hydroxylation is 1. The van der Waals surface area contributed by atoms with Gasteiger partial charge in [0.2, 0.25) is 0 Å². The molecule has 1 aliphatic rings. The Balaban J connectivity index is 1.88. The van der Waals surface area contributed by atoms with Crippen LogP contribution in [0.5, 0.6) is 0 Å². The second kappa shape index (κ2) is 9.96. The first kappa shape index (κ1) is 22.7. The molecule has 1 saturated carbocycles. The second-order valence-electron chi connectivity index (χ2n) is 8.33. The Morgan fingerprint density at radius 1 is 1.28 bits per heavy atom. The Labute approximate surface area is 192 Å². The zero-order valence-electron chi connectivity index (χ0n) is 18.9. The highest BCUT2D eigenvalue weighted by atomic mass is 32.2. The van der Waals surface area contributed by atoms with Crippen molar-refractivity contribution in [3.63, 3.8) is 0 Å². The van der Waals surface area contributed by atoms with Crippen molar-refractivity contribution in [1.29, 1.82) is 0 Å². The molecule has 2 atom stereocenters. The maximum Gasteiger partial charge on any atom is 0.261 e. The summed E-state index contributed by atoms with van der Waals surface area (Å²) in [4.78, 5) is 27.1. The largest absolute Gasteiger partial charge is 0.391 e. The van der Waals surface area contributed by atoms with E-state index in [0.29, 0.717) is 11.8 Å². The molecule has 168 valence electrons. The Morgan fingerprint density at radius 2 is 2.09 bits per heavy atom. The van der Waals surface area contributed by atoms with Gasteiger partial charge in [-0.1, -0.05) is 25.8 Å². The minimum Gasteiger partial charge on any atom is -0.391 e. The summed E-state index contributed by atoms with van der Waals surface area (Å²) in [5, 5.41) is 12.1. The van der Waals surface area contributed by atoms with Gasteiger partial charge in [0.05, 0.1) is 34.4 Å². The van der Waals surface area contributed by atoms with E-state index < -0.39 is 6.10 Å². The van der Waals surface area contributed by atoms with E-state index in [1.54, 1.807) is 29.7 Å². The molecule has 0 spiro atoms. The van der Waals surface area contributed by atoms with Crippen LogP contribution < -0.4 is 5.56 Å². The molecule has 2 aromatic heterocycles. The third-order valence-electron chi connectivity index (χ3n) is 6.37. The van der Waals surface area contributed by atoms with Crippen LogP contribution in [-0.2, 0) is 12.8 Å². The maximum atomic E-state index is 13.6. The normalized spacial score (nSPS) is 19.1. The highest BCUT2D eigenvalue weighted by Crippen LogP contribution is 2.29. The number of aromatic nitrogens is 3. The van der Waals surface area contributed by atoms with Crippen molar-refractivity contribution in [2.45, 2.75) is 62.6 Å². The lowest BCUT2D eigenvalue weighted by Crippen LogP contribution is -2.35. The highest BCUT2D eigenvalue weighted by Gasteiger charge is 2.26. The van der Waals surface area contributed by atoms with E-state index in [1.165, 1.54) is 0 Å². The third kappa shape index (κ3) is 4.36. The van der Waals surface area contributed by atoms with Crippen LogP contribution in [0.2, 0.25) is 0 Å². The van der Waals surface area contributed by atoms with Crippen molar-refractivity contribution in [2.75, 3.05) is 13.3 Å². The summed E-state index contributed by atoms with van der Waals surface area (Å²) in [6.07, 6.45) is 11.9. The quantitative estimate of drug-likeness (QED) is 0.450. The molecule has 7 heteroatoms. The van der Waals surface area contributed by atoms with Crippen LogP contribution >= 0.6 is 11.8 Å². The average molecular weight is 451 g/mol. The van der Waals surface area contributed by atoms with Gasteiger partial charge in [0.15, 0.2) is 0 Å². The number of hydrogen-bond donors (Lipinski definition) is 1. The van der Waals surface area contributed by atoms with Crippen molar-refractivity contribution >= 4 is 28.9 Å². The van der Waals surface area contributed by atoms with Crippen molar-refractivity contribution in [3.05, 3.63) is 63.3 Å². The number of nitrogens with zero attached hydrogens (tertiary/aromatic N) is 4. The van der Waals surface area contributed by atoms with Gasteiger partial charge in [0, 0.05) is 25.0 Å². The van der Waals surface area contributed by atoms with E-state index in [0.717, 1.165) is 64.9 Å². The molecular formula is C25H30N4O2S. The number of pyridine rings is 1. The van der Waals surface area contributed by atoms with Crippen LogP contribution in [0.4, 0.5) is 0 Å². The fourth-order valence-corrected chi connectivity index (χ4v) is 5.09. The maximum absolute atomic E-state index is 13.6. The lowest BCUT2D eigenvalue weighted by Gasteiger charge is -2.29. The predicted octanol–water partition coefficient (Wildman–Crippen LogP) is 4.19. The first-order valence-electron chi connectivity index (χ1n) is 11.2. The Kier molecular flexibility index (Phi) is 7.06. The number of rotatable bonds is 6. The number of aliphatic hydroxyl groups excluding tert-OH is 1. The van der Waals surface area contributed by atoms with Gasteiger partial charge in [-0.2, -0.15) is 0 Å². The van der Waals surface area contributed by atoms with E-state index >= 15 is 0 Å². The van der Waals surface area contributed by atoms with Crippen molar-refractivity contribution in [2.24, 2.45) is 4.99 Å². The van der Waals surface area contributed by atoms with Gasteiger partial charge in [-0.3, -0.25) is 14.4 Å². The van der Waals surface area contributed by atoms with Gasteiger partial charge >= 0.3 is 0 Å². The van der Waals surface area contributed by atoms with Crippen LogP contribution in [0, 0.1) is 0 Å². The molecule has 0 saturated heterocycles. The SMILES string of the molecule is CCc1c(C=NC)c(Cc2ccc(SC)nc2)cc2c(=O)n(C3CCCCC3O)cnc12. The van der Waals surface area contributed by atoms with Crippen LogP contribution in [0.3, 0.4) is 0 Å². The molecule has 2 unspecified atom stereocenters. The summed E-state index contributed by atoms with van der Waals surface area (Å²) >= 11 is 1.62. The van der Waals surface area contributed by atoms with Gasteiger partial charge in [-0.15, -0.1) is 11.8 Å². The van der Waals surface area contributed by atoms with Crippen molar-refractivity contribution in [1.82, 2.24) is 14.5 Å². The molecule has 6 nitrogen and oxygen atoms in total. The topological polar surface area (TPSA) is 80.4 Å². The van der Waals surface area contributed by atoms with Crippen LogP contribution in [0.15, 0.2) is 45.5 Å². The molecule has 1 aliphatic carbocycles. The second-order valence-corrected chi connectivity index (χ2v) is 9.15. The summed E-state index contributed by atoms with van der Waals surface area (Å²) in [5.41, 5.74) is 4.84. The molecule has 0 bridgehead atoms. The Bertz CT molecular complexity index is 1190. The van der Waals surface area contributed by atoms with E-state index in [4.69, 9.17) is 4.98 Å². The number of fused-ring (bicyclic) bond motifs is 1. The molecule has 32 heavy (non-hydrogen) atoms. The first-order valence-corrected chi connectivity index (χ1v) is 12.4. The summed E-state index contributed by atoms with van der Waals surface area (Å²) in [6.45, 7) is 2.08. The van der Waals surface area contributed by atoms with Crippen molar-refractivity contribution < 1.29 is 5.11 Å². The van der Waals surface area contributed by atoms with Gasteiger partial charge in [-0.25, -0.2) is 9.97 Å². The smallest absolute Gasteiger partial charge is 0.261 e. The molecular weight excluding hydrogens is 420 g/mol. The number of benzene rings is 1. The zero-order valence-corrected chi connectivity index (χ0v) is 19.7. The minimum atomic E-state index is -0.502. The fourth-order valence-electron chi connectivity index (χ4n) is 4.73. The Morgan fingerprint density at radius 3 is 2.75 bits per heavy atom. The van der Waals surface area contributed by atoms with Crippen LogP contribution in [-0.4, -0.2) is 45.3 Å². The number of hydrogen-bond acceptors (Lipinski definition) is 6. The molecule has 0 amide bonds. The molecule has 1 N–H and O–H groups in total. The van der Waals surface area contributed by atoms with Gasteiger partial charge in [0.25, 0.3) is 5.56 Å². The van der Waals surface area contributed by atoms with Crippen molar-refractivity contribution in [3.8, 4) is 0 Å². The average Bonchev–Trinajstić information content (AvgIpc) is 2.81. The number of aliphatic imine (C=N–C) groups is 1. The predicted molar refractivity (Wildman–Crippen MR) is 131 cm³/mol. The molecule has 1 aromatic carbocycles. The molecule has 2 heterocycles. The van der Waals surface area contributed by atoms with Gasteiger partial charge < -0.3 is 5.11 Å². The lowest BCUT2D eigenvalue weighted by atomic mass is 9.91. The molecule has 3 aromatic rings. The minimum absolute atomic E-state index is 0.0762. The first-order chi connectivity index (χ1) is 15.6. The van der Waals surface area contributed by atoms with Crippen LogP contribution in [0.25, 0.3) is 10.9 Å². The standard InChI is InChI=1S/C25H30N4O2S/c1-4-18-20(14-26-2)17(11-16-9-10-23(32-3)27-13-16)12-19-24(18)28-15-29(25(19)31)21-7-5-6-8-22(21)30/h9-10,12-15,21-22,30H,4-8,11H2,1-3H3. The molecule has 4 rings (SSSR count). The van der Waals surface area contributed by atoms with E-state index in [2.05, 4.69) is 23.0 Å². The summed E-state index contributed by atoms with van der Waals surface area (Å²) < 4.78 is 1.65. The van der Waals surface area contributed by atoms with E-state index in [-0.39, 0.29) is 11.6 Å². The summed E-state index contributed by atoms with van der Waals surface area (Å²) in [7, 11) is 1.76. The zero-order chi connectivity index (χ0) is 22.7. The van der Waals surface area contributed by atoms with E-state index in [9.17, 15) is 9.90 Å². The lowest BCUT2D eigenvalue weighted by molar-refractivity contribution is 0.0735. The van der Waals surface area contributed by atoms with Gasteiger partial charge in [-0.05, 0) is 60.8 Å². The summed E-state index contributed by atoms with van der Waals surface area (Å²) in [6, 6.07) is 5.87. The molecule has 0 radical (unpaired) electrons. The Hall–Kier alpha value is -2.51. The fraction of sp³-hybridized carbons (Fsp3) is 0.440. The van der Waals surface area contributed by atoms with Gasteiger partial charge in [0.1, 0.15) is 0 Å². The molecule has 0 aliphatic heterocycles. The molecule has 1 fully saturated rings. The monoisotopic (exact) mass is 450 g/mol. The third-order valence-corrected chi connectivity index (χ3v) is 7.03. The number of aliphatic hydroxyl groups is 1. The van der Waals surface area contributed by atoms with Crippen LogP contribution in [0.1, 0.15) is 60.9 Å². The summed E-state index contributed by atoms with van der Waals surface area (Å²) in [5.74, 6) is 0. The number of thioether (sulfide) groups is 1.